The number of aryl methyl sites for hydroxylation is 2. The lowest BCUT2D eigenvalue weighted by molar-refractivity contribution is -0.135. The topological polar surface area (TPSA) is 109 Å². The molecule has 0 unspecified atom stereocenters. The van der Waals surface area contributed by atoms with E-state index in [1.165, 1.54) is 23.0 Å². The van der Waals surface area contributed by atoms with Gasteiger partial charge in [0, 0.05) is 7.05 Å². The van der Waals surface area contributed by atoms with Crippen LogP contribution in [0.4, 0.5) is 0 Å². The van der Waals surface area contributed by atoms with Crippen LogP contribution in [0.5, 0.6) is 5.75 Å². The number of aromatic hydroxyl groups is 1. The highest BCUT2D eigenvalue weighted by atomic mass is 79.9. The first-order valence-corrected chi connectivity index (χ1v) is 7.37. The molecule has 0 aliphatic carbocycles. The molecule has 7 nitrogen and oxygen atoms in total. The Balaban J connectivity index is 2.68. The first-order chi connectivity index (χ1) is 9.75. The van der Waals surface area contributed by atoms with Crippen molar-refractivity contribution in [3.05, 3.63) is 25.3 Å². The number of amides is 1. The molecule has 0 saturated carbocycles. The van der Waals surface area contributed by atoms with E-state index in [2.05, 4.69) is 21.2 Å². The fraction of sp³-hybridized carbons (Fsp3) is 0.250. The van der Waals surface area contributed by atoms with Crippen molar-refractivity contribution in [3.63, 3.8) is 0 Å². The molecule has 0 aromatic carbocycles. The van der Waals surface area contributed by atoms with E-state index in [0.717, 1.165) is 9.35 Å². The Bertz CT molecular complexity index is 823. The molecule has 3 N–H and O–H groups in total. The van der Waals surface area contributed by atoms with Crippen molar-refractivity contribution in [3.8, 4) is 5.75 Å². The van der Waals surface area contributed by atoms with Gasteiger partial charge in [-0.15, -0.1) is 11.3 Å². The van der Waals surface area contributed by atoms with Gasteiger partial charge in [0.15, 0.2) is 5.75 Å². The van der Waals surface area contributed by atoms with Crippen LogP contribution in [0.2, 0.25) is 0 Å². The van der Waals surface area contributed by atoms with Crippen LogP contribution in [0.1, 0.15) is 15.9 Å². The van der Waals surface area contributed by atoms with Crippen molar-refractivity contribution in [2.75, 3.05) is 6.54 Å². The highest BCUT2D eigenvalue weighted by Crippen LogP contribution is 2.39. The van der Waals surface area contributed by atoms with Crippen molar-refractivity contribution in [2.45, 2.75) is 6.92 Å². The number of rotatable bonds is 3. The number of carbonyl (C=O) groups excluding carboxylic acids is 1. The van der Waals surface area contributed by atoms with Gasteiger partial charge < -0.3 is 20.1 Å². The molecule has 112 valence electrons. The Morgan fingerprint density at radius 2 is 2.05 bits per heavy atom. The quantitative estimate of drug-likeness (QED) is 0.747. The summed E-state index contributed by atoms with van der Waals surface area (Å²) < 4.78 is 2.40. The summed E-state index contributed by atoms with van der Waals surface area (Å²) in [7, 11) is 1.49. The molecule has 0 aliphatic rings. The number of aliphatic carboxylic acids is 1. The number of thiophene rings is 1. The van der Waals surface area contributed by atoms with Crippen molar-refractivity contribution in [1.29, 1.82) is 0 Å². The Kier molecular flexibility index (Phi) is 4.06. The number of aromatic nitrogens is 1. The summed E-state index contributed by atoms with van der Waals surface area (Å²) in [4.78, 5) is 34.6. The zero-order valence-electron chi connectivity index (χ0n) is 11.1. The summed E-state index contributed by atoms with van der Waals surface area (Å²) in [6, 6.07) is 0. The molecule has 9 heteroatoms. The molecule has 2 aromatic rings. The maximum Gasteiger partial charge on any atom is 0.322 e. The number of pyridine rings is 1. The maximum atomic E-state index is 12.2. The number of nitrogens with zero attached hydrogens (tertiary/aromatic N) is 1. The number of fused-ring (bicyclic) bond motifs is 1. The Hall–Kier alpha value is -1.87. The molecule has 1 amide bonds. The fourth-order valence-corrected chi connectivity index (χ4v) is 3.66. The van der Waals surface area contributed by atoms with Gasteiger partial charge in [0.05, 0.1) is 14.0 Å². The second-order valence-electron chi connectivity index (χ2n) is 4.34. The highest BCUT2D eigenvalue weighted by molar-refractivity contribution is 9.11. The van der Waals surface area contributed by atoms with Crippen LogP contribution in [0.3, 0.4) is 0 Å². The Morgan fingerprint density at radius 1 is 1.43 bits per heavy atom. The van der Waals surface area contributed by atoms with Crippen LogP contribution in [0.25, 0.3) is 10.2 Å². The average molecular weight is 375 g/mol. The SMILES string of the molecule is Cc1c(Br)sc2c(O)c(C(=O)NCC(=O)O)c(=O)n(C)c12. The number of nitrogens with one attached hydrogen (secondary N) is 1. The summed E-state index contributed by atoms with van der Waals surface area (Å²) in [5, 5.41) is 20.8. The van der Waals surface area contributed by atoms with E-state index >= 15 is 0 Å². The van der Waals surface area contributed by atoms with Gasteiger partial charge in [-0.1, -0.05) is 0 Å². The normalized spacial score (nSPS) is 10.8. The lowest BCUT2D eigenvalue weighted by atomic mass is 10.2. The minimum absolute atomic E-state index is 0.391. The predicted octanol–water partition coefficient (Wildman–Crippen LogP) is 1.19. The minimum atomic E-state index is -1.24. The standard InChI is InChI=1S/C12H11BrN2O5S/c1-4-7-9(21-10(4)13)8(18)6(12(20)15(7)2)11(19)14-3-5(16)17/h18H,3H2,1-2H3,(H,14,19)(H,16,17). The number of hydrogen-bond acceptors (Lipinski definition) is 5. The van der Waals surface area contributed by atoms with E-state index in [1.54, 1.807) is 6.92 Å². The largest absolute Gasteiger partial charge is 0.505 e. The van der Waals surface area contributed by atoms with Crippen LogP contribution >= 0.6 is 27.3 Å². The molecule has 2 heterocycles. The van der Waals surface area contributed by atoms with E-state index in [0.29, 0.717) is 10.2 Å². The van der Waals surface area contributed by atoms with Gasteiger partial charge in [0.1, 0.15) is 12.1 Å². The molecule has 0 spiro atoms. The van der Waals surface area contributed by atoms with Gasteiger partial charge in [-0.2, -0.15) is 0 Å². The van der Waals surface area contributed by atoms with Crippen molar-refractivity contribution in [2.24, 2.45) is 7.05 Å². The molecule has 2 aromatic heterocycles. The van der Waals surface area contributed by atoms with E-state index < -0.39 is 35.3 Å². The van der Waals surface area contributed by atoms with Crippen LogP contribution in [0.15, 0.2) is 8.58 Å². The minimum Gasteiger partial charge on any atom is -0.505 e. The molecule has 21 heavy (non-hydrogen) atoms. The number of carbonyl (C=O) groups is 2. The molecule has 0 aliphatic heterocycles. The number of carboxylic acids is 1. The lowest BCUT2D eigenvalue weighted by Crippen LogP contribution is -2.35. The molecular weight excluding hydrogens is 364 g/mol. The second-order valence-corrected chi connectivity index (χ2v) is 6.68. The van der Waals surface area contributed by atoms with Gasteiger partial charge in [-0.05, 0) is 28.4 Å². The first-order valence-electron chi connectivity index (χ1n) is 5.76. The van der Waals surface area contributed by atoms with Gasteiger partial charge in [0.2, 0.25) is 0 Å². The summed E-state index contributed by atoms with van der Waals surface area (Å²) in [6.07, 6.45) is 0. The monoisotopic (exact) mass is 374 g/mol. The van der Waals surface area contributed by atoms with Gasteiger partial charge in [0.25, 0.3) is 11.5 Å². The first kappa shape index (κ1) is 15.5. The number of halogens is 1. The molecule has 0 fully saturated rings. The Labute approximate surface area is 130 Å². The highest BCUT2D eigenvalue weighted by Gasteiger charge is 2.24. The summed E-state index contributed by atoms with van der Waals surface area (Å²) in [6.45, 7) is 1.15. The van der Waals surface area contributed by atoms with E-state index in [4.69, 9.17) is 5.11 Å². The van der Waals surface area contributed by atoms with Crippen molar-refractivity contribution < 1.29 is 19.8 Å². The molecule has 0 radical (unpaired) electrons. The second kappa shape index (κ2) is 5.49. The predicted molar refractivity (Wildman–Crippen MR) is 81.1 cm³/mol. The van der Waals surface area contributed by atoms with E-state index in [-0.39, 0.29) is 0 Å². The number of carboxylic acid groups (broad SMARTS) is 1. The van der Waals surface area contributed by atoms with E-state index in [1.807, 2.05) is 0 Å². The number of hydrogen-bond donors (Lipinski definition) is 3. The van der Waals surface area contributed by atoms with Crippen molar-refractivity contribution >= 4 is 49.4 Å². The van der Waals surface area contributed by atoms with Crippen LogP contribution < -0.4 is 10.9 Å². The zero-order valence-corrected chi connectivity index (χ0v) is 13.5. The third-order valence-corrected chi connectivity index (χ3v) is 5.15. The van der Waals surface area contributed by atoms with Gasteiger partial charge in [-0.25, -0.2) is 0 Å². The third kappa shape index (κ3) is 2.54. The Morgan fingerprint density at radius 3 is 2.62 bits per heavy atom. The summed E-state index contributed by atoms with van der Waals surface area (Å²) >= 11 is 4.52. The van der Waals surface area contributed by atoms with Crippen LogP contribution in [0, 0.1) is 6.92 Å². The molecule has 0 atom stereocenters. The van der Waals surface area contributed by atoms with Gasteiger partial charge in [-0.3, -0.25) is 14.4 Å². The maximum absolute atomic E-state index is 12.2. The molecule has 0 saturated heterocycles. The smallest absolute Gasteiger partial charge is 0.322 e. The molecule has 0 bridgehead atoms. The lowest BCUT2D eigenvalue weighted by Gasteiger charge is -2.09. The summed E-state index contributed by atoms with van der Waals surface area (Å²) in [5.74, 6) is -2.59. The molecule has 2 rings (SSSR count). The van der Waals surface area contributed by atoms with Crippen LogP contribution in [-0.2, 0) is 11.8 Å². The van der Waals surface area contributed by atoms with Crippen LogP contribution in [-0.4, -0.2) is 33.2 Å². The van der Waals surface area contributed by atoms with Gasteiger partial charge >= 0.3 is 5.97 Å². The molecular formula is C12H11BrN2O5S. The van der Waals surface area contributed by atoms with E-state index in [9.17, 15) is 19.5 Å². The zero-order chi connectivity index (χ0) is 15.9. The average Bonchev–Trinajstić information content (AvgIpc) is 2.71. The third-order valence-electron chi connectivity index (χ3n) is 2.99. The van der Waals surface area contributed by atoms with Crippen molar-refractivity contribution in [1.82, 2.24) is 9.88 Å². The summed E-state index contributed by atoms with van der Waals surface area (Å²) in [5.41, 5.74) is 0.169. The fourth-order valence-electron chi connectivity index (χ4n) is 1.98.